The van der Waals surface area contributed by atoms with Gasteiger partial charge in [0.2, 0.25) is 0 Å². The third-order valence-corrected chi connectivity index (χ3v) is 9.27. The zero-order chi connectivity index (χ0) is 19.7. The summed E-state index contributed by atoms with van der Waals surface area (Å²) in [6.07, 6.45) is 0. The minimum Gasteiger partial charge on any atom is -0.497 e. The average Bonchev–Trinajstić information content (AvgIpc) is 2.58. The Balaban J connectivity index is 2.75. The Labute approximate surface area is 151 Å². The molecule has 0 aliphatic carbocycles. The molecule has 0 amide bonds. The van der Waals surface area contributed by atoms with Crippen LogP contribution in [0.1, 0.15) is 11.5 Å². The standard InChI is InChI=1S/C15H18O9S2/c1-22-10-6-4-9(5-7-10)11-12(14(16)23-2)25(18,19)8-26(20,21)13(11)15(17)24-3/h4-7,11-13H,8H2,1-3H3. The zero-order valence-corrected chi connectivity index (χ0v) is 15.9. The van der Waals surface area contributed by atoms with Crippen LogP contribution in [0.15, 0.2) is 24.3 Å². The van der Waals surface area contributed by atoms with E-state index in [1.54, 1.807) is 0 Å². The molecule has 0 radical (unpaired) electrons. The molecule has 2 rings (SSSR count). The first kappa shape index (κ1) is 20.2. The second-order valence-corrected chi connectivity index (χ2v) is 10.2. The van der Waals surface area contributed by atoms with Gasteiger partial charge in [0.15, 0.2) is 35.3 Å². The largest absolute Gasteiger partial charge is 0.497 e. The van der Waals surface area contributed by atoms with Crippen molar-refractivity contribution in [1.82, 2.24) is 0 Å². The van der Waals surface area contributed by atoms with Crippen molar-refractivity contribution in [2.75, 3.05) is 26.4 Å². The third kappa shape index (κ3) is 3.54. The predicted octanol–water partition coefficient (Wildman–Crippen LogP) is -0.337. The van der Waals surface area contributed by atoms with Gasteiger partial charge in [0.25, 0.3) is 0 Å². The number of hydrogen-bond donors (Lipinski definition) is 0. The zero-order valence-electron chi connectivity index (χ0n) is 14.2. The Morgan fingerprint density at radius 2 is 1.27 bits per heavy atom. The summed E-state index contributed by atoms with van der Waals surface area (Å²) >= 11 is 0. The highest BCUT2D eigenvalue weighted by atomic mass is 32.3. The van der Waals surface area contributed by atoms with Crippen LogP contribution in [0.25, 0.3) is 0 Å². The van der Waals surface area contributed by atoms with Gasteiger partial charge in [0.1, 0.15) is 5.75 Å². The molecule has 2 unspecified atom stereocenters. The lowest BCUT2D eigenvalue weighted by atomic mass is 9.91. The van der Waals surface area contributed by atoms with Gasteiger partial charge in [-0.2, -0.15) is 0 Å². The van der Waals surface area contributed by atoms with Crippen LogP contribution in [0.5, 0.6) is 5.75 Å². The van der Waals surface area contributed by atoms with Crippen LogP contribution in [0.4, 0.5) is 0 Å². The highest BCUT2D eigenvalue weighted by Gasteiger charge is 2.58. The molecule has 1 heterocycles. The second-order valence-electron chi connectivity index (χ2n) is 5.63. The Morgan fingerprint density at radius 3 is 1.62 bits per heavy atom. The van der Waals surface area contributed by atoms with Crippen molar-refractivity contribution < 1.29 is 40.6 Å². The molecular formula is C15H18O9S2. The van der Waals surface area contributed by atoms with Crippen LogP contribution in [-0.2, 0) is 38.7 Å². The molecule has 2 atom stereocenters. The fourth-order valence-corrected chi connectivity index (χ4v) is 8.38. The van der Waals surface area contributed by atoms with Gasteiger partial charge in [-0.25, -0.2) is 16.8 Å². The van der Waals surface area contributed by atoms with E-state index < -0.39 is 53.1 Å². The molecule has 1 saturated heterocycles. The number of ether oxygens (including phenoxy) is 3. The summed E-state index contributed by atoms with van der Waals surface area (Å²) in [6, 6.07) is 5.72. The van der Waals surface area contributed by atoms with Crippen LogP contribution < -0.4 is 4.74 Å². The van der Waals surface area contributed by atoms with Gasteiger partial charge >= 0.3 is 11.9 Å². The van der Waals surface area contributed by atoms with Crippen LogP contribution in [0.2, 0.25) is 0 Å². The molecule has 11 heteroatoms. The fraction of sp³-hybridized carbons (Fsp3) is 0.467. The van der Waals surface area contributed by atoms with Crippen molar-refractivity contribution in [1.29, 1.82) is 0 Å². The number of hydrogen-bond acceptors (Lipinski definition) is 9. The van der Waals surface area contributed by atoms with Crippen LogP contribution in [0.3, 0.4) is 0 Å². The molecular weight excluding hydrogens is 388 g/mol. The summed E-state index contributed by atoms with van der Waals surface area (Å²) < 4.78 is 64.2. The first-order valence-corrected chi connectivity index (χ1v) is 10.7. The average molecular weight is 406 g/mol. The normalized spacial score (nSPS) is 26.5. The van der Waals surface area contributed by atoms with Gasteiger partial charge in [-0.15, -0.1) is 0 Å². The second kappa shape index (κ2) is 7.23. The van der Waals surface area contributed by atoms with Crippen molar-refractivity contribution in [3.63, 3.8) is 0 Å². The van der Waals surface area contributed by atoms with Crippen LogP contribution in [-0.4, -0.2) is 65.7 Å². The van der Waals surface area contributed by atoms with E-state index in [1.807, 2.05) is 0 Å². The summed E-state index contributed by atoms with van der Waals surface area (Å²) in [5, 5.41) is -5.05. The number of benzene rings is 1. The van der Waals surface area contributed by atoms with Crippen molar-refractivity contribution >= 4 is 31.6 Å². The topological polar surface area (TPSA) is 130 Å². The molecule has 1 aliphatic heterocycles. The Bertz CT molecular complexity index is 849. The molecule has 1 aromatic rings. The molecule has 144 valence electrons. The maximum atomic E-state index is 12.5. The fourth-order valence-electron chi connectivity index (χ4n) is 2.98. The molecule has 0 N–H and O–H groups in total. The van der Waals surface area contributed by atoms with Gasteiger partial charge < -0.3 is 14.2 Å². The Hall–Kier alpha value is -2.14. The maximum Gasteiger partial charge on any atom is 0.324 e. The van der Waals surface area contributed by atoms with Crippen LogP contribution >= 0.6 is 0 Å². The first-order chi connectivity index (χ1) is 12.1. The minimum atomic E-state index is -4.43. The molecule has 1 aliphatic rings. The van der Waals surface area contributed by atoms with E-state index in [-0.39, 0.29) is 5.56 Å². The van der Waals surface area contributed by atoms with E-state index in [1.165, 1.54) is 31.4 Å². The highest BCUT2D eigenvalue weighted by molar-refractivity contribution is 8.10. The van der Waals surface area contributed by atoms with Gasteiger partial charge in [0, 0.05) is 5.92 Å². The number of methoxy groups -OCH3 is 3. The van der Waals surface area contributed by atoms with Crippen molar-refractivity contribution in [3.8, 4) is 5.75 Å². The lowest BCUT2D eigenvalue weighted by Crippen LogP contribution is -2.55. The number of esters is 2. The van der Waals surface area contributed by atoms with Crippen molar-refractivity contribution in [3.05, 3.63) is 29.8 Å². The summed E-state index contributed by atoms with van der Waals surface area (Å²) in [7, 11) is -5.48. The molecule has 26 heavy (non-hydrogen) atoms. The lowest BCUT2D eigenvalue weighted by Gasteiger charge is -2.34. The van der Waals surface area contributed by atoms with Gasteiger partial charge in [-0.05, 0) is 17.7 Å². The van der Waals surface area contributed by atoms with E-state index >= 15 is 0 Å². The highest BCUT2D eigenvalue weighted by Crippen LogP contribution is 2.39. The molecule has 1 aromatic carbocycles. The number of carbonyl (C=O) groups is 2. The predicted molar refractivity (Wildman–Crippen MR) is 90.0 cm³/mol. The quantitative estimate of drug-likeness (QED) is 0.616. The van der Waals surface area contributed by atoms with Crippen molar-refractivity contribution in [2.45, 2.75) is 16.4 Å². The molecule has 1 fully saturated rings. The van der Waals surface area contributed by atoms with Crippen LogP contribution in [0, 0.1) is 0 Å². The maximum absolute atomic E-state index is 12.5. The number of sulfone groups is 2. The van der Waals surface area contributed by atoms with E-state index in [0.29, 0.717) is 5.75 Å². The van der Waals surface area contributed by atoms with E-state index in [2.05, 4.69) is 9.47 Å². The Kier molecular flexibility index (Phi) is 5.61. The molecule has 0 saturated carbocycles. The summed E-state index contributed by atoms with van der Waals surface area (Å²) in [5.74, 6) is -3.37. The van der Waals surface area contributed by atoms with Gasteiger partial charge in [-0.1, -0.05) is 12.1 Å². The first-order valence-electron chi connectivity index (χ1n) is 7.31. The van der Waals surface area contributed by atoms with E-state index in [0.717, 1.165) is 14.2 Å². The van der Waals surface area contributed by atoms with E-state index in [4.69, 9.17) is 4.74 Å². The van der Waals surface area contributed by atoms with Gasteiger partial charge in [0.05, 0.1) is 21.3 Å². The van der Waals surface area contributed by atoms with E-state index in [9.17, 15) is 26.4 Å². The number of carbonyl (C=O) groups excluding carboxylic acids is 2. The number of rotatable bonds is 4. The third-order valence-electron chi connectivity index (χ3n) is 4.12. The smallest absolute Gasteiger partial charge is 0.324 e. The molecule has 9 nitrogen and oxygen atoms in total. The van der Waals surface area contributed by atoms with Crippen molar-refractivity contribution in [2.24, 2.45) is 0 Å². The molecule has 0 spiro atoms. The molecule has 0 aromatic heterocycles. The summed E-state index contributed by atoms with van der Waals surface area (Å²) in [6.45, 7) is 0. The van der Waals surface area contributed by atoms with Gasteiger partial charge in [-0.3, -0.25) is 9.59 Å². The minimum absolute atomic E-state index is 0.156. The molecule has 0 bridgehead atoms. The summed E-state index contributed by atoms with van der Waals surface area (Å²) in [4.78, 5) is 24.4. The monoisotopic (exact) mass is 406 g/mol. The summed E-state index contributed by atoms with van der Waals surface area (Å²) in [5.41, 5.74) is 0.156. The Morgan fingerprint density at radius 1 is 0.846 bits per heavy atom. The SMILES string of the molecule is COC(=O)C1C(c2ccc(OC)cc2)C(C(=O)OC)S(=O)(=O)CS1(=O)=O. The lowest BCUT2D eigenvalue weighted by molar-refractivity contribution is -0.142.